The van der Waals surface area contributed by atoms with Gasteiger partial charge in [0.1, 0.15) is 17.2 Å². The fourth-order valence-corrected chi connectivity index (χ4v) is 2.97. The Kier molecular flexibility index (Phi) is 4.18. The van der Waals surface area contributed by atoms with E-state index < -0.39 is 0 Å². The minimum atomic E-state index is -0.243. The molecule has 0 saturated heterocycles. The third-order valence-corrected chi connectivity index (χ3v) is 4.12. The lowest BCUT2D eigenvalue weighted by atomic mass is 9.90. The second kappa shape index (κ2) is 6.15. The van der Waals surface area contributed by atoms with Crippen LogP contribution in [0.3, 0.4) is 0 Å². The molecule has 1 aromatic carbocycles. The van der Waals surface area contributed by atoms with Gasteiger partial charge < -0.3 is 15.0 Å². The highest BCUT2D eigenvalue weighted by Gasteiger charge is 2.33. The van der Waals surface area contributed by atoms with Gasteiger partial charge in [0, 0.05) is 32.3 Å². The standard InChI is InChI=1S/C19H23N3O2/c1-19(2)11-15(14-7-5-6-8-16(14)24-19)21-17-10-9-13(12-20-17)18(23)22(3)4/h5-10,12,15H,11H2,1-4H3,(H,20,21). The highest BCUT2D eigenvalue weighted by atomic mass is 16.5. The summed E-state index contributed by atoms with van der Waals surface area (Å²) in [5, 5.41) is 3.47. The molecule has 1 aliphatic rings. The minimum absolute atomic E-state index is 0.0494. The molecule has 5 nitrogen and oxygen atoms in total. The number of nitrogens with one attached hydrogen (secondary N) is 1. The summed E-state index contributed by atoms with van der Waals surface area (Å²) >= 11 is 0. The van der Waals surface area contributed by atoms with Crippen molar-refractivity contribution in [2.45, 2.75) is 31.9 Å². The zero-order valence-electron chi connectivity index (χ0n) is 14.5. The number of ether oxygens (including phenoxy) is 1. The first-order valence-electron chi connectivity index (χ1n) is 8.08. The summed E-state index contributed by atoms with van der Waals surface area (Å²) in [6, 6.07) is 11.8. The molecule has 0 radical (unpaired) electrons. The van der Waals surface area contributed by atoms with Gasteiger partial charge in [0.2, 0.25) is 0 Å². The van der Waals surface area contributed by atoms with Gasteiger partial charge in [-0.1, -0.05) is 18.2 Å². The molecule has 0 spiro atoms. The molecule has 1 amide bonds. The van der Waals surface area contributed by atoms with Crippen molar-refractivity contribution in [3.63, 3.8) is 0 Å². The molecule has 126 valence electrons. The van der Waals surface area contributed by atoms with Crippen LogP contribution in [0.15, 0.2) is 42.6 Å². The monoisotopic (exact) mass is 325 g/mol. The van der Waals surface area contributed by atoms with Crippen LogP contribution >= 0.6 is 0 Å². The van der Waals surface area contributed by atoms with E-state index in [2.05, 4.69) is 30.2 Å². The molecule has 2 heterocycles. The molecule has 2 aromatic rings. The number of para-hydroxylation sites is 1. The van der Waals surface area contributed by atoms with Gasteiger partial charge in [-0.25, -0.2) is 4.98 Å². The van der Waals surface area contributed by atoms with Gasteiger partial charge in [0.25, 0.3) is 5.91 Å². The maximum absolute atomic E-state index is 11.9. The predicted molar refractivity (Wildman–Crippen MR) is 94.4 cm³/mol. The summed E-state index contributed by atoms with van der Waals surface area (Å²) in [5.74, 6) is 1.61. The summed E-state index contributed by atoms with van der Waals surface area (Å²) in [4.78, 5) is 17.9. The molecular formula is C19H23N3O2. The van der Waals surface area contributed by atoms with E-state index in [1.807, 2.05) is 24.3 Å². The second-order valence-electron chi connectivity index (χ2n) is 6.93. The SMILES string of the molecule is CN(C)C(=O)c1ccc(NC2CC(C)(C)Oc3ccccc32)nc1. The van der Waals surface area contributed by atoms with Gasteiger partial charge in [0.15, 0.2) is 0 Å². The number of pyridine rings is 1. The molecule has 5 heteroatoms. The van der Waals surface area contributed by atoms with Crippen molar-refractivity contribution in [3.05, 3.63) is 53.7 Å². The van der Waals surface area contributed by atoms with Crippen LogP contribution in [0.4, 0.5) is 5.82 Å². The maximum Gasteiger partial charge on any atom is 0.254 e. The Morgan fingerprint density at radius 2 is 2.00 bits per heavy atom. The van der Waals surface area contributed by atoms with Crippen molar-refractivity contribution in [2.75, 3.05) is 19.4 Å². The lowest BCUT2D eigenvalue weighted by Gasteiger charge is -2.38. The number of carbonyl (C=O) groups excluding carboxylic acids is 1. The van der Waals surface area contributed by atoms with Crippen LogP contribution in [0.25, 0.3) is 0 Å². The van der Waals surface area contributed by atoms with Crippen LogP contribution in [0.5, 0.6) is 5.75 Å². The fourth-order valence-electron chi connectivity index (χ4n) is 2.97. The molecule has 1 unspecified atom stereocenters. The first-order valence-corrected chi connectivity index (χ1v) is 8.08. The number of rotatable bonds is 3. The number of nitrogens with zero attached hydrogens (tertiary/aromatic N) is 2. The zero-order valence-corrected chi connectivity index (χ0v) is 14.5. The molecule has 1 aliphatic heterocycles. The number of benzene rings is 1. The Morgan fingerprint density at radius 3 is 2.67 bits per heavy atom. The largest absolute Gasteiger partial charge is 0.487 e. The predicted octanol–water partition coefficient (Wildman–Crippen LogP) is 3.50. The molecule has 0 bridgehead atoms. The average molecular weight is 325 g/mol. The van der Waals surface area contributed by atoms with E-state index in [9.17, 15) is 4.79 Å². The Morgan fingerprint density at radius 1 is 1.25 bits per heavy atom. The number of hydrogen-bond acceptors (Lipinski definition) is 4. The third kappa shape index (κ3) is 3.35. The van der Waals surface area contributed by atoms with E-state index >= 15 is 0 Å². The molecule has 0 aliphatic carbocycles. The van der Waals surface area contributed by atoms with Crippen molar-refractivity contribution in [3.8, 4) is 5.75 Å². The molecule has 1 aromatic heterocycles. The smallest absolute Gasteiger partial charge is 0.254 e. The van der Waals surface area contributed by atoms with Crippen LogP contribution in [-0.4, -0.2) is 35.5 Å². The lowest BCUT2D eigenvalue weighted by molar-refractivity contribution is 0.0758. The van der Waals surface area contributed by atoms with Crippen LogP contribution in [0.2, 0.25) is 0 Å². The van der Waals surface area contributed by atoms with Crippen LogP contribution in [0, 0.1) is 0 Å². The Labute approximate surface area is 142 Å². The Balaban J connectivity index is 1.82. The van der Waals surface area contributed by atoms with Gasteiger partial charge >= 0.3 is 0 Å². The minimum Gasteiger partial charge on any atom is -0.487 e. The number of anilines is 1. The molecule has 1 atom stereocenters. The first kappa shape index (κ1) is 16.3. The van der Waals surface area contributed by atoms with Gasteiger partial charge in [-0.15, -0.1) is 0 Å². The molecule has 24 heavy (non-hydrogen) atoms. The quantitative estimate of drug-likeness (QED) is 0.938. The van der Waals surface area contributed by atoms with Crippen molar-refractivity contribution in [2.24, 2.45) is 0 Å². The van der Waals surface area contributed by atoms with Crippen LogP contribution in [0.1, 0.15) is 42.2 Å². The summed E-state index contributed by atoms with van der Waals surface area (Å²) in [6.07, 6.45) is 2.45. The first-order chi connectivity index (χ1) is 11.4. The molecule has 3 rings (SSSR count). The Bertz CT molecular complexity index is 739. The molecular weight excluding hydrogens is 302 g/mol. The topological polar surface area (TPSA) is 54.5 Å². The summed E-state index contributed by atoms with van der Waals surface area (Å²) in [5.41, 5.74) is 1.47. The highest BCUT2D eigenvalue weighted by Crippen LogP contribution is 2.40. The van der Waals surface area contributed by atoms with Crippen LogP contribution in [-0.2, 0) is 0 Å². The number of amides is 1. The number of aromatic nitrogens is 1. The van der Waals surface area contributed by atoms with Gasteiger partial charge in [-0.3, -0.25) is 4.79 Å². The van der Waals surface area contributed by atoms with E-state index in [0.29, 0.717) is 5.56 Å². The molecule has 0 saturated carbocycles. The van der Waals surface area contributed by atoms with Crippen molar-refractivity contribution in [1.29, 1.82) is 0 Å². The van der Waals surface area contributed by atoms with Crippen molar-refractivity contribution < 1.29 is 9.53 Å². The van der Waals surface area contributed by atoms with Crippen molar-refractivity contribution >= 4 is 11.7 Å². The summed E-state index contributed by atoms with van der Waals surface area (Å²) < 4.78 is 6.05. The van der Waals surface area contributed by atoms with E-state index in [1.165, 1.54) is 0 Å². The van der Waals surface area contributed by atoms with E-state index in [4.69, 9.17) is 4.74 Å². The number of hydrogen-bond donors (Lipinski definition) is 1. The van der Waals surface area contributed by atoms with E-state index in [1.54, 1.807) is 31.3 Å². The highest BCUT2D eigenvalue weighted by molar-refractivity contribution is 5.93. The fraction of sp³-hybridized carbons (Fsp3) is 0.368. The van der Waals surface area contributed by atoms with E-state index in [-0.39, 0.29) is 17.6 Å². The second-order valence-corrected chi connectivity index (χ2v) is 6.93. The van der Waals surface area contributed by atoms with Gasteiger partial charge in [-0.05, 0) is 32.0 Å². The van der Waals surface area contributed by atoms with Gasteiger partial charge in [0.05, 0.1) is 11.6 Å². The normalized spacial score (nSPS) is 18.2. The number of carbonyl (C=O) groups is 1. The van der Waals surface area contributed by atoms with Crippen LogP contribution < -0.4 is 10.1 Å². The van der Waals surface area contributed by atoms with Gasteiger partial charge in [-0.2, -0.15) is 0 Å². The average Bonchev–Trinajstić information content (AvgIpc) is 2.53. The summed E-state index contributed by atoms with van der Waals surface area (Å²) in [7, 11) is 3.46. The number of fused-ring (bicyclic) bond motifs is 1. The lowest BCUT2D eigenvalue weighted by Crippen LogP contribution is -2.37. The molecule has 1 N–H and O–H groups in total. The van der Waals surface area contributed by atoms with Crippen molar-refractivity contribution in [1.82, 2.24) is 9.88 Å². The zero-order chi connectivity index (χ0) is 17.3. The Hall–Kier alpha value is -2.56. The third-order valence-electron chi connectivity index (χ3n) is 4.12. The maximum atomic E-state index is 11.9. The van der Waals surface area contributed by atoms with E-state index in [0.717, 1.165) is 23.6 Å². The molecule has 0 fully saturated rings. The summed E-state index contributed by atoms with van der Waals surface area (Å²) in [6.45, 7) is 4.17.